The van der Waals surface area contributed by atoms with Gasteiger partial charge >= 0.3 is 0 Å². The Labute approximate surface area is 206 Å². The molecule has 2 N–H and O–H groups in total. The van der Waals surface area contributed by atoms with E-state index in [1.165, 1.54) is 30.4 Å². The molecule has 2 aromatic carbocycles. The van der Waals surface area contributed by atoms with Crippen LogP contribution in [0.5, 0.6) is 5.75 Å². The molecule has 1 fully saturated rings. The second kappa shape index (κ2) is 11.4. The zero-order valence-corrected chi connectivity index (χ0v) is 20.7. The van der Waals surface area contributed by atoms with Crippen LogP contribution in [0.3, 0.4) is 0 Å². The number of aromatic nitrogens is 3. The van der Waals surface area contributed by atoms with Crippen LogP contribution in [0.1, 0.15) is 42.9 Å². The summed E-state index contributed by atoms with van der Waals surface area (Å²) in [6, 6.07) is 16.5. The quantitative estimate of drug-likeness (QED) is 0.437. The first-order valence-corrected chi connectivity index (χ1v) is 12.3. The smallest absolute Gasteiger partial charge is 0.221 e. The summed E-state index contributed by atoms with van der Waals surface area (Å²) >= 11 is 5.42. The van der Waals surface area contributed by atoms with Crippen molar-refractivity contribution in [3.05, 3.63) is 64.4 Å². The van der Waals surface area contributed by atoms with Gasteiger partial charge in [-0.15, -0.1) is 0 Å². The molecule has 8 heteroatoms. The largest absolute Gasteiger partial charge is 0.497 e. The van der Waals surface area contributed by atoms with Crippen molar-refractivity contribution in [1.29, 1.82) is 0 Å². The molecule has 1 atom stereocenters. The van der Waals surface area contributed by atoms with E-state index in [2.05, 4.69) is 32.5 Å². The van der Waals surface area contributed by atoms with Gasteiger partial charge in [-0.25, -0.2) is 0 Å². The minimum absolute atomic E-state index is 0.00785. The zero-order valence-electron chi connectivity index (χ0n) is 19.9. The van der Waals surface area contributed by atoms with Crippen LogP contribution in [-0.2, 0) is 11.3 Å². The molecule has 0 aliphatic carbocycles. The number of amides is 1. The number of methoxy groups -OCH3 is 1. The number of rotatable bonds is 9. The number of carbonyl (C=O) groups excluding carboxylic acids is 1. The molecular formula is C26H33N5O2S. The van der Waals surface area contributed by atoms with Crippen molar-refractivity contribution in [1.82, 2.24) is 25.0 Å². The standard InChI is InChI=1S/C26H33N5O2S/c1-19-6-8-21(9-7-19)25-28-29-26(34)31(25)17-14-24(32)27-18-23(30-15-4-3-5-16-30)20-10-12-22(33-2)13-11-20/h6-13,23H,3-5,14-18H2,1-2H3,(H,27,32)(H,29,34). The van der Waals surface area contributed by atoms with Crippen molar-refractivity contribution in [3.8, 4) is 17.1 Å². The molecular weight excluding hydrogens is 446 g/mol. The van der Waals surface area contributed by atoms with Crippen LogP contribution in [-0.4, -0.2) is 52.3 Å². The molecule has 1 unspecified atom stereocenters. The van der Waals surface area contributed by atoms with Gasteiger partial charge in [-0.3, -0.25) is 19.4 Å². The van der Waals surface area contributed by atoms with E-state index < -0.39 is 0 Å². The average molecular weight is 480 g/mol. The molecule has 3 aromatic rings. The van der Waals surface area contributed by atoms with Crippen LogP contribution in [0.4, 0.5) is 0 Å². The molecule has 4 rings (SSSR count). The molecule has 1 aliphatic rings. The Bertz CT molecular complexity index is 1130. The van der Waals surface area contributed by atoms with Crippen molar-refractivity contribution < 1.29 is 9.53 Å². The predicted octanol–water partition coefficient (Wildman–Crippen LogP) is 4.66. The maximum atomic E-state index is 12.8. The van der Waals surface area contributed by atoms with Crippen molar-refractivity contribution in [3.63, 3.8) is 0 Å². The van der Waals surface area contributed by atoms with E-state index in [4.69, 9.17) is 17.0 Å². The first-order valence-electron chi connectivity index (χ1n) is 11.9. The fourth-order valence-corrected chi connectivity index (χ4v) is 4.70. The van der Waals surface area contributed by atoms with Gasteiger partial charge in [0.1, 0.15) is 5.75 Å². The number of aromatic amines is 1. The number of piperidine rings is 1. The number of nitrogens with one attached hydrogen (secondary N) is 2. The number of benzene rings is 2. The van der Waals surface area contributed by atoms with Gasteiger partial charge in [0.2, 0.25) is 5.91 Å². The highest BCUT2D eigenvalue weighted by atomic mass is 32.1. The molecule has 34 heavy (non-hydrogen) atoms. The summed E-state index contributed by atoms with van der Waals surface area (Å²) in [6.45, 7) is 5.20. The van der Waals surface area contributed by atoms with Crippen LogP contribution in [0.25, 0.3) is 11.4 Å². The first kappa shape index (κ1) is 24.2. The number of hydrogen-bond acceptors (Lipinski definition) is 5. The molecule has 2 heterocycles. The number of ether oxygens (including phenoxy) is 1. The van der Waals surface area contributed by atoms with Crippen LogP contribution >= 0.6 is 12.2 Å². The number of carbonyl (C=O) groups is 1. The lowest BCUT2D eigenvalue weighted by molar-refractivity contribution is -0.121. The van der Waals surface area contributed by atoms with Crippen LogP contribution in [0, 0.1) is 11.7 Å². The van der Waals surface area contributed by atoms with E-state index in [9.17, 15) is 4.79 Å². The summed E-state index contributed by atoms with van der Waals surface area (Å²) in [6.07, 6.45) is 4.00. The SMILES string of the molecule is COc1ccc(C(CNC(=O)CCn2c(-c3ccc(C)cc3)n[nH]c2=S)N2CCCCC2)cc1. The summed E-state index contributed by atoms with van der Waals surface area (Å²) < 4.78 is 7.73. The Morgan fingerprint density at radius 1 is 1.12 bits per heavy atom. The molecule has 0 saturated carbocycles. The van der Waals surface area contributed by atoms with Crippen molar-refractivity contribution in [2.24, 2.45) is 0 Å². The maximum absolute atomic E-state index is 12.8. The van der Waals surface area contributed by atoms with Gasteiger partial charge in [-0.1, -0.05) is 48.4 Å². The van der Waals surface area contributed by atoms with E-state index in [1.807, 2.05) is 47.9 Å². The van der Waals surface area contributed by atoms with Crippen LogP contribution < -0.4 is 10.1 Å². The van der Waals surface area contributed by atoms with Crippen molar-refractivity contribution >= 4 is 18.1 Å². The van der Waals surface area contributed by atoms with Gasteiger partial charge < -0.3 is 10.1 Å². The summed E-state index contributed by atoms with van der Waals surface area (Å²) in [4.78, 5) is 15.3. The first-order chi connectivity index (χ1) is 16.5. The van der Waals surface area contributed by atoms with E-state index in [0.717, 1.165) is 30.2 Å². The van der Waals surface area contributed by atoms with Crippen LogP contribution in [0.2, 0.25) is 0 Å². The molecule has 1 amide bonds. The van der Waals surface area contributed by atoms with E-state index in [1.54, 1.807) is 7.11 Å². The Morgan fingerprint density at radius 2 is 1.82 bits per heavy atom. The third-order valence-corrected chi connectivity index (χ3v) is 6.77. The summed E-state index contributed by atoms with van der Waals surface area (Å²) in [7, 11) is 1.67. The highest BCUT2D eigenvalue weighted by Gasteiger charge is 2.23. The Morgan fingerprint density at radius 3 is 2.50 bits per heavy atom. The molecule has 180 valence electrons. The van der Waals surface area contributed by atoms with Gasteiger partial charge in [-0.2, -0.15) is 5.10 Å². The van der Waals surface area contributed by atoms with Crippen molar-refractivity contribution in [2.45, 2.75) is 45.2 Å². The number of hydrogen-bond donors (Lipinski definition) is 2. The summed E-state index contributed by atoms with van der Waals surface area (Å²) in [5.41, 5.74) is 3.36. The monoisotopic (exact) mass is 479 g/mol. The molecule has 1 aromatic heterocycles. The molecule has 7 nitrogen and oxygen atoms in total. The Hall–Kier alpha value is -2.97. The van der Waals surface area contributed by atoms with Gasteiger partial charge in [0.15, 0.2) is 10.6 Å². The van der Waals surface area contributed by atoms with Crippen molar-refractivity contribution in [2.75, 3.05) is 26.7 Å². The summed E-state index contributed by atoms with van der Waals surface area (Å²) in [5.74, 6) is 1.60. The Balaban J connectivity index is 1.40. The van der Waals surface area contributed by atoms with Gasteiger partial charge in [0.05, 0.1) is 13.2 Å². The Kier molecular flexibility index (Phi) is 8.13. The third kappa shape index (κ3) is 5.93. The number of likely N-dealkylation sites (tertiary alicyclic amines) is 1. The van der Waals surface area contributed by atoms with E-state index in [0.29, 0.717) is 24.3 Å². The normalized spacial score (nSPS) is 15.1. The molecule has 0 spiro atoms. The fraction of sp³-hybridized carbons (Fsp3) is 0.423. The van der Waals surface area contributed by atoms with E-state index >= 15 is 0 Å². The highest BCUT2D eigenvalue weighted by Crippen LogP contribution is 2.26. The lowest BCUT2D eigenvalue weighted by Gasteiger charge is -2.35. The molecule has 1 saturated heterocycles. The minimum Gasteiger partial charge on any atom is -0.497 e. The molecule has 1 aliphatic heterocycles. The topological polar surface area (TPSA) is 75.2 Å². The van der Waals surface area contributed by atoms with Crippen LogP contribution in [0.15, 0.2) is 48.5 Å². The number of aryl methyl sites for hydroxylation is 1. The second-order valence-electron chi connectivity index (χ2n) is 8.81. The number of nitrogens with zero attached hydrogens (tertiary/aromatic N) is 3. The molecule has 0 bridgehead atoms. The van der Waals surface area contributed by atoms with E-state index in [-0.39, 0.29) is 11.9 Å². The predicted molar refractivity (Wildman–Crippen MR) is 136 cm³/mol. The highest BCUT2D eigenvalue weighted by molar-refractivity contribution is 7.71. The second-order valence-corrected chi connectivity index (χ2v) is 9.20. The maximum Gasteiger partial charge on any atom is 0.221 e. The average Bonchev–Trinajstić information content (AvgIpc) is 3.24. The molecule has 0 radical (unpaired) electrons. The van der Waals surface area contributed by atoms with Gasteiger partial charge in [-0.05, 0) is 62.8 Å². The lowest BCUT2D eigenvalue weighted by Crippen LogP contribution is -2.40. The zero-order chi connectivity index (χ0) is 23.9. The van der Waals surface area contributed by atoms with Gasteiger partial charge in [0.25, 0.3) is 0 Å². The summed E-state index contributed by atoms with van der Waals surface area (Å²) in [5, 5.41) is 10.4. The number of H-pyrrole nitrogens is 1. The minimum atomic E-state index is 0.00785. The third-order valence-electron chi connectivity index (χ3n) is 6.46. The van der Waals surface area contributed by atoms with Gasteiger partial charge in [0, 0.05) is 25.1 Å². The lowest BCUT2D eigenvalue weighted by atomic mass is 10.0. The fourth-order valence-electron chi connectivity index (χ4n) is 4.47.